The molecule has 6 aromatic carbocycles. The standard InChI is InChI=1S/C30H20O3/c31-20-11-12-23-19(15-20)6-3-8-24(23)25-13-14-27(30-26(25)9-4-10-29(30)33)28-17-21(32)16-18-5-1-2-7-22(18)28/h1-17,31-33H. The van der Waals surface area contributed by atoms with E-state index in [0.29, 0.717) is 0 Å². The first-order valence-electron chi connectivity index (χ1n) is 10.8. The number of phenolic OH excluding ortho intramolecular Hbond substituents is 3. The zero-order valence-electron chi connectivity index (χ0n) is 17.7. The average Bonchev–Trinajstić information content (AvgIpc) is 2.82. The Morgan fingerprint density at radius 1 is 0.394 bits per heavy atom. The SMILES string of the molecule is Oc1ccc2c(-c3ccc(-c4cc(O)cc5ccccc45)c4c(O)cccc34)cccc2c1. The van der Waals surface area contributed by atoms with Gasteiger partial charge in [0.05, 0.1) is 0 Å². The summed E-state index contributed by atoms with van der Waals surface area (Å²) in [4.78, 5) is 0. The summed E-state index contributed by atoms with van der Waals surface area (Å²) in [5.74, 6) is 0.605. The van der Waals surface area contributed by atoms with Crippen LogP contribution in [-0.2, 0) is 0 Å². The van der Waals surface area contributed by atoms with Crippen molar-refractivity contribution < 1.29 is 15.3 Å². The second kappa shape index (κ2) is 7.28. The van der Waals surface area contributed by atoms with E-state index in [1.54, 1.807) is 30.3 Å². The normalized spacial score (nSPS) is 11.4. The van der Waals surface area contributed by atoms with Gasteiger partial charge in [0, 0.05) is 5.39 Å². The van der Waals surface area contributed by atoms with Crippen LogP contribution in [0.3, 0.4) is 0 Å². The molecule has 0 spiro atoms. The van der Waals surface area contributed by atoms with Crippen LogP contribution in [0.5, 0.6) is 17.2 Å². The van der Waals surface area contributed by atoms with E-state index in [4.69, 9.17) is 0 Å². The summed E-state index contributed by atoms with van der Waals surface area (Å²) in [5, 5.41) is 36.9. The molecule has 158 valence electrons. The molecule has 0 radical (unpaired) electrons. The average molecular weight is 428 g/mol. The van der Waals surface area contributed by atoms with Crippen molar-refractivity contribution in [1.29, 1.82) is 0 Å². The number of hydrogen-bond donors (Lipinski definition) is 3. The number of rotatable bonds is 2. The van der Waals surface area contributed by atoms with Crippen LogP contribution < -0.4 is 0 Å². The number of fused-ring (bicyclic) bond motifs is 3. The number of aromatic hydroxyl groups is 3. The van der Waals surface area contributed by atoms with E-state index in [0.717, 1.165) is 54.6 Å². The molecule has 0 amide bonds. The summed E-state index contributed by atoms with van der Waals surface area (Å²) in [5.41, 5.74) is 3.74. The molecule has 0 aliphatic carbocycles. The van der Waals surface area contributed by atoms with Gasteiger partial charge in [-0.3, -0.25) is 0 Å². The third-order valence-corrected chi connectivity index (χ3v) is 6.31. The van der Waals surface area contributed by atoms with E-state index in [-0.39, 0.29) is 17.2 Å². The summed E-state index contributed by atoms with van der Waals surface area (Å²) in [7, 11) is 0. The van der Waals surface area contributed by atoms with Gasteiger partial charge >= 0.3 is 0 Å². The summed E-state index contributed by atoms with van der Waals surface area (Å²) < 4.78 is 0. The van der Waals surface area contributed by atoms with Gasteiger partial charge in [-0.15, -0.1) is 0 Å². The second-order valence-electron chi connectivity index (χ2n) is 8.29. The highest BCUT2D eigenvalue weighted by molar-refractivity contribution is 6.14. The Bertz CT molecular complexity index is 1700. The Morgan fingerprint density at radius 2 is 1.03 bits per heavy atom. The fourth-order valence-electron chi connectivity index (χ4n) is 4.87. The molecular weight excluding hydrogens is 408 g/mol. The van der Waals surface area contributed by atoms with Crippen LogP contribution in [-0.4, -0.2) is 15.3 Å². The van der Waals surface area contributed by atoms with Gasteiger partial charge in [-0.25, -0.2) is 0 Å². The molecule has 0 heterocycles. The minimum absolute atomic E-state index is 0.185. The molecule has 6 aromatic rings. The Kier molecular flexibility index (Phi) is 4.24. The Hall–Kier alpha value is -4.50. The lowest BCUT2D eigenvalue weighted by Crippen LogP contribution is -1.89. The van der Waals surface area contributed by atoms with E-state index in [1.165, 1.54) is 0 Å². The molecule has 0 saturated heterocycles. The zero-order valence-corrected chi connectivity index (χ0v) is 17.7. The Morgan fingerprint density at radius 3 is 1.91 bits per heavy atom. The van der Waals surface area contributed by atoms with E-state index < -0.39 is 0 Å². The molecular formula is C30H20O3. The largest absolute Gasteiger partial charge is 0.508 e. The van der Waals surface area contributed by atoms with E-state index >= 15 is 0 Å². The molecule has 33 heavy (non-hydrogen) atoms. The van der Waals surface area contributed by atoms with Gasteiger partial charge in [0.25, 0.3) is 0 Å². The lowest BCUT2D eigenvalue weighted by molar-refractivity contribution is 0.475. The highest BCUT2D eigenvalue weighted by atomic mass is 16.3. The number of hydrogen-bond acceptors (Lipinski definition) is 3. The van der Waals surface area contributed by atoms with Crippen molar-refractivity contribution >= 4 is 32.3 Å². The molecule has 0 bridgehead atoms. The summed E-state index contributed by atoms with van der Waals surface area (Å²) >= 11 is 0. The minimum Gasteiger partial charge on any atom is -0.508 e. The minimum atomic E-state index is 0.185. The molecule has 0 aliphatic rings. The lowest BCUT2D eigenvalue weighted by Gasteiger charge is -2.16. The molecule has 0 atom stereocenters. The maximum Gasteiger partial charge on any atom is 0.124 e. The van der Waals surface area contributed by atoms with Gasteiger partial charge in [-0.2, -0.15) is 0 Å². The van der Waals surface area contributed by atoms with Crippen molar-refractivity contribution in [2.75, 3.05) is 0 Å². The lowest BCUT2D eigenvalue weighted by atomic mass is 9.88. The van der Waals surface area contributed by atoms with E-state index in [9.17, 15) is 15.3 Å². The molecule has 6 rings (SSSR count). The topological polar surface area (TPSA) is 60.7 Å². The van der Waals surface area contributed by atoms with Crippen LogP contribution in [0.2, 0.25) is 0 Å². The maximum atomic E-state index is 11.0. The van der Waals surface area contributed by atoms with Gasteiger partial charge in [0.15, 0.2) is 0 Å². The molecule has 0 aromatic heterocycles. The van der Waals surface area contributed by atoms with Crippen molar-refractivity contribution in [3.8, 4) is 39.5 Å². The molecule has 0 saturated carbocycles. The van der Waals surface area contributed by atoms with E-state index in [2.05, 4.69) is 12.1 Å². The third kappa shape index (κ3) is 3.06. The van der Waals surface area contributed by atoms with Crippen molar-refractivity contribution in [2.45, 2.75) is 0 Å². The monoisotopic (exact) mass is 428 g/mol. The van der Waals surface area contributed by atoms with Crippen molar-refractivity contribution in [2.24, 2.45) is 0 Å². The summed E-state index contributed by atoms with van der Waals surface area (Å²) in [6, 6.07) is 32.4. The van der Waals surface area contributed by atoms with Crippen LogP contribution in [0.25, 0.3) is 54.6 Å². The van der Waals surface area contributed by atoms with Crippen molar-refractivity contribution in [3.63, 3.8) is 0 Å². The summed E-state index contributed by atoms with van der Waals surface area (Å²) in [6.07, 6.45) is 0. The van der Waals surface area contributed by atoms with Gasteiger partial charge < -0.3 is 15.3 Å². The van der Waals surface area contributed by atoms with Crippen LogP contribution in [0.4, 0.5) is 0 Å². The molecule has 3 N–H and O–H groups in total. The molecule has 3 nitrogen and oxygen atoms in total. The highest BCUT2D eigenvalue weighted by Gasteiger charge is 2.16. The zero-order chi connectivity index (χ0) is 22.5. The van der Waals surface area contributed by atoms with Crippen LogP contribution >= 0.6 is 0 Å². The van der Waals surface area contributed by atoms with Crippen molar-refractivity contribution in [3.05, 3.63) is 103 Å². The summed E-state index contributed by atoms with van der Waals surface area (Å²) in [6.45, 7) is 0. The predicted octanol–water partition coefficient (Wildman–Crippen LogP) is 7.60. The van der Waals surface area contributed by atoms with Crippen LogP contribution in [0.1, 0.15) is 0 Å². The molecule has 0 unspecified atom stereocenters. The fourth-order valence-corrected chi connectivity index (χ4v) is 4.87. The van der Waals surface area contributed by atoms with Gasteiger partial charge in [-0.1, -0.05) is 72.8 Å². The first-order valence-corrected chi connectivity index (χ1v) is 10.8. The van der Waals surface area contributed by atoms with Gasteiger partial charge in [0.1, 0.15) is 17.2 Å². The first-order chi connectivity index (χ1) is 16.1. The quantitative estimate of drug-likeness (QED) is 0.266. The number of benzene rings is 6. The third-order valence-electron chi connectivity index (χ3n) is 6.31. The van der Waals surface area contributed by atoms with E-state index in [1.807, 2.05) is 60.7 Å². The van der Waals surface area contributed by atoms with Gasteiger partial charge in [0.2, 0.25) is 0 Å². The second-order valence-corrected chi connectivity index (χ2v) is 8.29. The Balaban J connectivity index is 1.70. The fraction of sp³-hybridized carbons (Fsp3) is 0. The van der Waals surface area contributed by atoms with Gasteiger partial charge in [-0.05, 0) is 79.5 Å². The molecule has 3 heteroatoms. The maximum absolute atomic E-state index is 11.0. The van der Waals surface area contributed by atoms with Crippen LogP contribution in [0.15, 0.2) is 103 Å². The smallest absolute Gasteiger partial charge is 0.124 e. The predicted molar refractivity (Wildman–Crippen MR) is 135 cm³/mol. The Labute approximate surface area is 190 Å². The highest BCUT2D eigenvalue weighted by Crippen LogP contribution is 2.44. The molecule has 0 aliphatic heterocycles. The van der Waals surface area contributed by atoms with Crippen LogP contribution in [0, 0.1) is 0 Å². The van der Waals surface area contributed by atoms with Crippen molar-refractivity contribution in [1.82, 2.24) is 0 Å². The molecule has 0 fully saturated rings. The first kappa shape index (κ1) is 19.2. The number of phenols is 3.